The van der Waals surface area contributed by atoms with Gasteiger partial charge < -0.3 is 10.2 Å². The SMILES string of the molecule is C/C=C(O)\C(=C/C(C)C)c1csc2ccc(C(=O)O)cc12. The van der Waals surface area contributed by atoms with E-state index < -0.39 is 5.97 Å². The van der Waals surface area contributed by atoms with E-state index in [-0.39, 0.29) is 17.2 Å². The molecular weight excluding hydrogens is 284 g/mol. The van der Waals surface area contributed by atoms with Crippen LogP contribution in [-0.4, -0.2) is 16.2 Å². The zero-order chi connectivity index (χ0) is 15.6. The summed E-state index contributed by atoms with van der Waals surface area (Å²) in [5.74, 6) is -0.456. The highest BCUT2D eigenvalue weighted by atomic mass is 32.1. The number of aliphatic hydroxyl groups excluding tert-OH is 1. The van der Waals surface area contributed by atoms with Gasteiger partial charge in [0.25, 0.3) is 0 Å². The van der Waals surface area contributed by atoms with Crippen LogP contribution >= 0.6 is 11.3 Å². The van der Waals surface area contributed by atoms with Crippen LogP contribution in [0.5, 0.6) is 0 Å². The number of carbonyl (C=O) groups is 1. The van der Waals surface area contributed by atoms with Crippen LogP contribution in [0, 0.1) is 5.92 Å². The third-order valence-electron chi connectivity index (χ3n) is 3.16. The van der Waals surface area contributed by atoms with E-state index in [2.05, 4.69) is 0 Å². The Hall–Kier alpha value is -2.07. The van der Waals surface area contributed by atoms with Crippen molar-refractivity contribution < 1.29 is 15.0 Å². The van der Waals surface area contributed by atoms with Crippen molar-refractivity contribution in [2.24, 2.45) is 5.92 Å². The number of rotatable bonds is 4. The van der Waals surface area contributed by atoms with Gasteiger partial charge in [-0.25, -0.2) is 4.79 Å². The van der Waals surface area contributed by atoms with Crippen molar-refractivity contribution in [2.45, 2.75) is 20.8 Å². The number of carboxylic acid groups (broad SMARTS) is 1. The normalized spacial score (nSPS) is 13.1. The molecule has 2 aromatic rings. The smallest absolute Gasteiger partial charge is 0.335 e. The average Bonchev–Trinajstić information content (AvgIpc) is 2.86. The quantitative estimate of drug-likeness (QED) is 0.610. The highest BCUT2D eigenvalue weighted by Gasteiger charge is 2.14. The Kier molecular flexibility index (Phi) is 4.48. The average molecular weight is 302 g/mol. The van der Waals surface area contributed by atoms with E-state index in [1.165, 1.54) is 0 Å². The number of aliphatic hydroxyl groups is 1. The van der Waals surface area contributed by atoms with Gasteiger partial charge in [0.05, 0.1) is 5.56 Å². The van der Waals surface area contributed by atoms with Gasteiger partial charge in [0.15, 0.2) is 0 Å². The number of fused-ring (bicyclic) bond motifs is 1. The first kappa shape index (κ1) is 15.3. The Morgan fingerprint density at radius 3 is 2.57 bits per heavy atom. The summed E-state index contributed by atoms with van der Waals surface area (Å²) >= 11 is 1.55. The van der Waals surface area contributed by atoms with Gasteiger partial charge in [0.1, 0.15) is 5.76 Å². The van der Waals surface area contributed by atoms with Crippen LogP contribution in [0.4, 0.5) is 0 Å². The number of allylic oxidation sites excluding steroid dienone is 3. The highest BCUT2D eigenvalue weighted by molar-refractivity contribution is 7.17. The Morgan fingerprint density at radius 1 is 1.29 bits per heavy atom. The molecule has 2 rings (SSSR count). The minimum atomic E-state index is -0.946. The molecule has 1 heterocycles. The summed E-state index contributed by atoms with van der Waals surface area (Å²) in [4.78, 5) is 11.1. The van der Waals surface area contributed by atoms with Crippen molar-refractivity contribution in [2.75, 3.05) is 0 Å². The van der Waals surface area contributed by atoms with Crippen LogP contribution in [0.3, 0.4) is 0 Å². The number of hydrogen-bond donors (Lipinski definition) is 2. The summed E-state index contributed by atoms with van der Waals surface area (Å²) in [6, 6.07) is 5.08. The molecule has 1 aromatic heterocycles. The van der Waals surface area contributed by atoms with Crippen molar-refractivity contribution >= 4 is 33.0 Å². The maximum absolute atomic E-state index is 11.1. The molecule has 0 amide bonds. The second kappa shape index (κ2) is 6.14. The Balaban J connectivity index is 2.68. The van der Waals surface area contributed by atoms with Crippen molar-refractivity contribution in [3.8, 4) is 0 Å². The molecule has 0 aliphatic heterocycles. The first-order valence-electron chi connectivity index (χ1n) is 6.76. The minimum Gasteiger partial charge on any atom is -0.508 e. The zero-order valence-electron chi connectivity index (χ0n) is 12.3. The van der Waals surface area contributed by atoms with Crippen LogP contribution in [0.15, 0.2) is 41.5 Å². The summed E-state index contributed by atoms with van der Waals surface area (Å²) in [5, 5.41) is 22.1. The molecule has 3 nitrogen and oxygen atoms in total. The Bertz CT molecular complexity index is 736. The summed E-state index contributed by atoms with van der Waals surface area (Å²) in [6.45, 7) is 5.86. The van der Waals surface area contributed by atoms with E-state index in [1.54, 1.807) is 36.5 Å². The van der Waals surface area contributed by atoms with Crippen LogP contribution in [0.25, 0.3) is 15.7 Å². The minimum absolute atomic E-state index is 0.212. The lowest BCUT2D eigenvalue weighted by molar-refractivity contribution is 0.0697. The summed E-state index contributed by atoms with van der Waals surface area (Å²) in [7, 11) is 0. The fourth-order valence-corrected chi connectivity index (χ4v) is 3.11. The number of thiophene rings is 1. The van der Waals surface area contributed by atoms with E-state index in [1.807, 2.05) is 31.4 Å². The zero-order valence-corrected chi connectivity index (χ0v) is 13.1. The molecule has 0 aliphatic rings. The fraction of sp³-hybridized carbons (Fsp3) is 0.235. The Morgan fingerprint density at radius 2 is 2.00 bits per heavy atom. The number of carboxylic acids is 1. The van der Waals surface area contributed by atoms with Crippen LogP contribution in [0.1, 0.15) is 36.7 Å². The van der Waals surface area contributed by atoms with Gasteiger partial charge in [-0.3, -0.25) is 0 Å². The standard InChI is InChI=1S/C17H18O3S/c1-4-15(18)12(7-10(2)3)14-9-21-16-6-5-11(17(19)20)8-13(14)16/h4-10,18H,1-3H3,(H,19,20)/b12-7-,15-4+. The van der Waals surface area contributed by atoms with E-state index in [4.69, 9.17) is 5.11 Å². The lowest BCUT2D eigenvalue weighted by Gasteiger charge is -2.08. The van der Waals surface area contributed by atoms with Crippen molar-refractivity contribution in [3.63, 3.8) is 0 Å². The van der Waals surface area contributed by atoms with Crippen LogP contribution in [0.2, 0.25) is 0 Å². The van der Waals surface area contributed by atoms with E-state index in [0.29, 0.717) is 0 Å². The molecule has 0 spiro atoms. The van der Waals surface area contributed by atoms with Crippen molar-refractivity contribution in [1.29, 1.82) is 0 Å². The predicted octanol–water partition coefficient (Wildman–Crippen LogP) is 5.10. The molecule has 110 valence electrons. The molecule has 21 heavy (non-hydrogen) atoms. The first-order chi connectivity index (χ1) is 9.93. The van der Waals surface area contributed by atoms with Gasteiger partial charge in [-0.1, -0.05) is 19.9 Å². The molecule has 0 radical (unpaired) electrons. The highest BCUT2D eigenvalue weighted by Crippen LogP contribution is 2.35. The molecule has 4 heteroatoms. The summed E-state index contributed by atoms with van der Waals surface area (Å²) < 4.78 is 1.01. The summed E-state index contributed by atoms with van der Waals surface area (Å²) in [6.07, 6.45) is 3.64. The maximum atomic E-state index is 11.1. The van der Waals surface area contributed by atoms with Crippen LogP contribution in [-0.2, 0) is 0 Å². The van der Waals surface area contributed by atoms with E-state index in [0.717, 1.165) is 21.2 Å². The second-order valence-corrected chi connectivity index (χ2v) is 6.07. The molecule has 0 atom stereocenters. The monoisotopic (exact) mass is 302 g/mol. The predicted molar refractivity (Wildman–Crippen MR) is 88.0 cm³/mol. The van der Waals surface area contributed by atoms with E-state index in [9.17, 15) is 9.90 Å². The lowest BCUT2D eigenvalue weighted by Crippen LogP contribution is -1.96. The van der Waals surface area contributed by atoms with E-state index >= 15 is 0 Å². The Labute approximate surface area is 127 Å². The van der Waals surface area contributed by atoms with Gasteiger partial charge >= 0.3 is 5.97 Å². The van der Waals surface area contributed by atoms with Crippen molar-refractivity contribution in [3.05, 3.63) is 52.6 Å². The fourth-order valence-electron chi connectivity index (χ4n) is 2.17. The first-order valence-corrected chi connectivity index (χ1v) is 7.64. The maximum Gasteiger partial charge on any atom is 0.335 e. The molecule has 2 N–H and O–H groups in total. The number of benzene rings is 1. The van der Waals surface area contributed by atoms with Gasteiger partial charge in [-0.05, 0) is 42.5 Å². The topological polar surface area (TPSA) is 57.5 Å². The van der Waals surface area contributed by atoms with Crippen LogP contribution < -0.4 is 0 Å². The molecule has 1 aromatic carbocycles. The third-order valence-corrected chi connectivity index (χ3v) is 4.12. The molecule has 0 bridgehead atoms. The van der Waals surface area contributed by atoms with Gasteiger partial charge in [-0.15, -0.1) is 11.3 Å². The number of hydrogen-bond acceptors (Lipinski definition) is 3. The number of aromatic carboxylic acids is 1. The van der Waals surface area contributed by atoms with Crippen molar-refractivity contribution in [1.82, 2.24) is 0 Å². The molecule has 0 unspecified atom stereocenters. The van der Waals surface area contributed by atoms with Gasteiger partial charge in [0, 0.05) is 21.2 Å². The third kappa shape index (κ3) is 3.16. The molecule has 0 saturated carbocycles. The largest absolute Gasteiger partial charge is 0.508 e. The van der Waals surface area contributed by atoms with Gasteiger partial charge in [-0.2, -0.15) is 0 Å². The second-order valence-electron chi connectivity index (χ2n) is 5.16. The molecule has 0 saturated heterocycles. The lowest BCUT2D eigenvalue weighted by atomic mass is 9.98. The molecule has 0 aliphatic carbocycles. The summed E-state index contributed by atoms with van der Waals surface area (Å²) in [5.41, 5.74) is 1.88. The molecular formula is C17H18O3S. The van der Waals surface area contributed by atoms with Gasteiger partial charge in [0.2, 0.25) is 0 Å². The molecule has 0 fully saturated rings.